The number of benzene rings is 2. The number of carboxylic acids is 1. The number of carbonyl (C=O) groups excluding carboxylic acids is 2. The summed E-state index contributed by atoms with van der Waals surface area (Å²) in [5.41, 5.74) is 3.37. The van der Waals surface area contributed by atoms with Crippen molar-refractivity contribution < 1.29 is 24.2 Å². The van der Waals surface area contributed by atoms with Gasteiger partial charge in [0.15, 0.2) is 5.82 Å². The summed E-state index contributed by atoms with van der Waals surface area (Å²) in [4.78, 5) is 51.0. The van der Waals surface area contributed by atoms with Crippen LogP contribution in [0, 0.1) is 0 Å². The number of hydrogen-bond donors (Lipinski definition) is 2. The van der Waals surface area contributed by atoms with Crippen LogP contribution in [0.15, 0.2) is 85.2 Å². The number of aliphatic carboxylic acids is 1. The van der Waals surface area contributed by atoms with Gasteiger partial charge < -0.3 is 20.1 Å². The number of amides is 2. The van der Waals surface area contributed by atoms with Crippen LogP contribution in [-0.4, -0.2) is 63.0 Å². The Labute approximate surface area is 298 Å². The van der Waals surface area contributed by atoms with E-state index in [1.165, 1.54) is 48.0 Å². The average molecular weight is 695 g/mol. The van der Waals surface area contributed by atoms with Crippen LogP contribution in [0.1, 0.15) is 79.9 Å². The molecule has 2 atom stereocenters. The molecular formula is C40H46N4O5S. The standard InChI is InChI=1S/C40H46N4O5S/c1-5-6-7-8-9-23-49-31-18-16-28(17-19-31)30-25-41-36(42-26-30)29-14-12-27(13-15-29)24-32(38(46)44-22-10-11-33(44)39(47)48)43-37(45)34-20-21-35(50-34)40(2,3)4/h10-21,25-26,32-33H,5-9,22-24H2,1-4H3,(H,43,45)(H,47,48). The van der Waals surface area contributed by atoms with Gasteiger partial charge in [-0.15, -0.1) is 11.3 Å². The minimum absolute atomic E-state index is 0.117. The third-order valence-corrected chi connectivity index (χ3v) is 10.2. The van der Waals surface area contributed by atoms with Gasteiger partial charge in [0.25, 0.3) is 5.91 Å². The first-order valence-corrected chi connectivity index (χ1v) is 18.1. The summed E-state index contributed by atoms with van der Waals surface area (Å²) in [6.45, 7) is 9.33. The molecular weight excluding hydrogens is 649 g/mol. The number of aromatic nitrogens is 2. The summed E-state index contributed by atoms with van der Waals surface area (Å²) in [6.07, 6.45) is 12.9. The normalized spacial score (nSPS) is 14.8. The molecule has 2 amide bonds. The molecule has 0 aliphatic carbocycles. The van der Waals surface area contributed by atoms with Crippen LogP contribution in [0.2, 0.25) is 0 Å². The van der Waals surface area contributed by atoms with Crippen LogP contribution >= 0.6 is 11.3 Å². The van der Waals surface area contributed by atoms with E-state index in [1.807, 2.05) is 54.6 Å². The number of rotatable bonds is 15. The van der Waals surface area contributed by atoms with Crippen molar-refractivity contribution in [3.05, 3.63) is 101 Å². The van der Waals surface area contributed by atoms with Gasteiger partial charge in [0, 0.05) is 41.4 Å². The van der Waals surface area contributed by atoms with Crippen molar-refractivity contribution in [2.45, 2.75) is 83.7 Å². The number of nitrogens with one attached hydrogen (secondary N) is 1. The van der Waals surface area contributed by atoms with Crippen LogP contribution in [0.25, 0.3) is 22.5 Å². The molecule has 3 heterocycles. The first-order valence-electron chi connectivity index (χ1n) is 17.3. The van der Waals surface area contributed by atoms with Gasteiger partial charge in [-0.1, -0.05) is 102 Å². The Bertz CT molecular complexity index is 1780. The zero-order valence-corrected chi connectivity index (χ0v) is 30.0. The third kappa shape index (κ3) is 9.44. The lowest BCUT2D eigenvalue weighted by Gasteiger charge is -2.27. The molecule has 2 aromatic heterocycles. The van der Waals surface area contributed by atoms with Gasteiger partial charge in [-0.25, -0.2) is 14.8 Å². The lowest BCUT2D eigenvalue weighted by atomic mass is 9.95. The summed E-state index contributed by atoms with van der Waals surface area (Å²) in [7, 11) is 0. The van der Waals surface area contributed by atoms with Crippen molar-refractivity contribution in [1.82, 2.24) is 20.2 Å². The van der Waals surface area contributed by atoms with E-state index in [9.17, 15) is 19.5 Å². The first-order chi connectivity index (χ1) is 24.0. The molecule has 262 valence electrons. The van der Waals surface area contributed by atoms with Gasteiger partial charge in [-0.2, -0.15) is 0 Å². The van der Waals surface area contributed by atoms with Crippen molar-refractivity contribution >= 4 is 29.1 Å². The monoisotopic (exact) mass is 694 g/mol. The second kappa shape index (κ2) is 16.7. The number of hydrogen-bond acceptors (Lipinski definition) is 7. The van der Waals surface area contributed by atoms with Crippen molar-refractivity contribution in [1.29, 1.82) is 0 Å². The molecule has 0 saturated carbocycles. The maximum Gasteiger partial charge on any atom is 0.330 e. The Balaban J connectivity index is 1.24. The molecule has 2 N–H and O–H groups in total. The molecule has 50 heavy (non-hydrogen) atoms. The summed E-state index contributed by atoms with van der Waals surface area (Å²) < 4.78 is 5.89. The van der Waals surface area contributed by atoms with E-state index in [2.05, 4.69) is 43.0 Å². The van der Waals surface area contributed by atoms with Crippen LogP contribution < -0.4 is 10.1 Å². The van der Waals surface area contributed by atoms with E-state index in [4.69, 9.17) is 4.74 Å². The third-order valence-electron chi connectivity index (χ3n) is 8.67. The highest BCUT2D eigenvalue weighted by atomic mass is 32.1. The Kier molecular flexibility index (Phi) is 12.2. The molecule has 9 nitrogen and oxygen atoms in total. The minimum atomic E-state index is -1.12. The van der Waals surface area contributed by atoms with Gasteiger partial charge in [0.1, 0.15) is 17.8 Å². The number of carboxylic acid groups (broad SMARTS) is 1. The highest BCUT2D eigenvalue weighted by Crippen LogP contribution is 2.30. The SMILES string of the molecule is CCCCCCCOc1ccc(-c2cnc(-c3ccc(CC(NC(=O)c4ccc(C(C)(C)C)s4)C(=O)N4CC=CC4C(=O)O)cc3)nc2)cc1. The van der Waals surface area contributed by atoms with Crippen LogP contribution in [0.3, 0.4) is 0 Å². The molecule has 0 saturated heterocycles. The van der Waals surface area contributed by atoms with Crippen molar-refractivity contribution in [2.75, 3.05) is 13.2 Å². The molecule has 2 aromatic carbocycles. The number of nitrogens with zero attached hydrogens (tertiary/aromatic N) is 3. The van der Waals surface area contributed by atoms with E-state index in [-0.39, 0.29) is 24.3 Å². The summed E-state index contributed by atoms with van der Waals surface area (Å²) in [6, 6.07) is 17.1. The second-order valence-corrected chi connectivity index (χ2v) is 14.7. The predicted molar refractivity (Wildman–Crippen MR) is 197 cm³/mol. The second-order valence-electron chi connectivity index (χ2n) is 13.6. The van der Waals surface area contributed by atoms with Gasteiger partial charge >= 0.3 is 5.97 Å². The number of ether oxygens (including phenoxy) is 1. The molecule has 0 radical (unpaired) electrons. The largest absolute Gasteiger partial charge is 0.494 e. The van der Waals surface area contributed by atoms with E-state index in [0.717, 1.165) is 45.9 Å². The Hall–Kier alpha value is -4.83. The van der Waals surface area contributed by atoms with Crippen molar-refractivity contribution in [3.63, 3.8) is 0 Å². The van der Waals surface area contributed by atoms with Gasteiger partial charge in [0.05, 0.1) is 11.5 Å². The lowest BCUT2D eigenvalue weighted by Crippen LogP contribution is -2.52. The molecule has 1 aliphatic rings. The highest BCUT2D eigenvalue weighted by Gasteiger charge is 2.35. The zero-order chi connectivity index (χ0) is 35.7. The molecule has 1 aliphatic heterocycles. The first kappa shape index (κ1) is 36.5. The fourth-order valence-corrected chi connectivity index (χ4v) is 6.71. The van der Waals surface area contributed by atoms with E-state index < -0.39 is 24.0 Å². The lowest BCUT2D eigenvalue weighted by molar-refractivity contribution is -0.147. The van der Waals surface area contributed by atoms with Gasteiger partial charge in [-0.05, 0) is 47.2 Å². The summed E-state index contributed by atoms with van der Waals surface area (Å²) in [5.74, 6) is -0.522. The topological polar surface area (TPSA) is 122 Å². The summed E-state index contributed by atoms with van der Waals surface area (Å²) >= 11 is 1.39. The summed E-state index contributed by atoms with van der Waals surface area (Å²) in [5, 5.41) is 12.6. The number of thiophene rings is 1. The molecule has 0 spiro atoms. The van der Waals surface area contributed by atoms with Gasteiger partial charge in [-0.3, -0.25) is 9.59 Å². The smallest absolute Gasteiger partial charge is 0.330 e. The average Bonchev–Trinajstić information content (AvgIpc) is 3.82. The maximum atomic E-state index is 13.7. The zero-order valence-electron chi connectivity index (χ0n) is 29.2. The predicted octanol–water partition coefficient (Wildman–Crippen LogP) is 7.71. The van der Waals surface area contributed by atoms with E-state index >= 15 is 0 Å². The Morgan fingerprint density at radius 3 is 2.24 bits per heavy atom. The fourth-order valence-electron chi connectivity index (χ4n) is 5.75. The van der Waals surface area contributed by atoms with Crippen LogP contribution in [-0.2, 0) is 21.4 Å². The highest BCUT2D eigenvalue weighted by molar-refractivity contribution is 7.14. The molecule has 10 heteroatoms. The van der Waals surface area contributed by atoms with Crippen LogP contribution in [0.4, 0.5) is 0 Å². The van der Waals surface area contributed by atoms with Crippen molar-refractivity contribution in [2.24, 2.45) is 0 Å². The Morgan fingerprint density at radius 1 is 0.920 bits per heavy atom. The Morgan fingerprint density at radius 2 is 1.60 bits per heavy atom. The molecule has 5 rings (SSSR count). The fraction of sp³-hybridized carbons (Fsp3) is 0.375. The molecule has 2 unspecified atom stereocenters. The molecule has 0 bridgehead atoms. The van der Waals surface area contributed by atoms with E-state index in [1.54, 1.807) is 24.5 Å². The number of unbranched alkanes of at least 4 members (excludes halogenated alkanes) is 4. The molecule has 4 aromatic rings. The van der Waals surface area contributed by atoms with Crippen molar-refractivity contribution in [3.8, 4) is 28.3 Å². The maximum absolute atomic E-state index is 13.7. The van der Waals surface area contributed by atoms with Crippen LogP contribution in [0.5, 0.6) is 5.75 Å². The number of carbonyl (C=O) groups is 3. The quantitative estimate of drug-likeness (QED) is 0.0966. The minimum Gasteiger partial charge on any atom is -0.494 e. The van der Waals surface area contributed by atoms with Gasteiger partial charge in [0.2, 0.25) is 5.91 Å². The van der Waals surface area contributed by atoms with E-state index in [0.29, 0.717) is 10.7 Å². The molecule has 0 fully saturated rings.